The summed E-state index contributed by atoms with van der Waals surface area (Å²) >= 11 is 0. The lowest BCUT2D eigenvalue weighted by Crippen LogP contribution is -2.39. The van der Waals surface area contributed by atoms with E-state index in [0.717, 1.165) is 36.9 Å². The third kappa shape index (κ3) is 2.06. The van der Waals surface area contributed by atoms with Crippen molar-refractivity contribution in [3.05, 3.63) is 22.9 Å². The molecule has 1 aromatic heterocycles. The maximum absolute atomic E-state index is 11.2. The highest BCUT2D eigenvalue weighted by Gasteiger charge is 2.25. The van der Waals surface area contributed by atoms with Crippen molar-refractivity contribution in [2.24, 2.45) is 0 Å². The van der Waals surface area contributed by atoms with E-state index in [2.05, 4.69) is 4.98 Å². The topological polar surface area (TPSA) is 68.7 Å². The molecule has 1 aliphatic heterocycles. The highest BCUT2D eigenvalue weighted by molar-refractivity contribution is 5.90. The largest absolute Gasteiger partial charge is 0.477 e. The molecule has 0 unspecified atom stereocenters. The molecule has 1 saturated heterocycles. The third-order valence-electron chi connectivity index (χ3n) is 3.38. The number of carboxylic acid groups (broad SMARTS) is 1. The summed E-state index contributed by atoms with van der Waals surface area (Å²) in [5.74, 6) is -0.734. The second-order valence-electron chi connectivity index (χ2n) is 4.74. The molecule has 0 amide bonds. The number of aromatic carboxylic acids is 1. The molecule has 96 valence electrons. The van der Waals surface area contributed by atoms with Crippen LogP contribution in [0.3, 0.4) is 0 Å². The van der Waals surface area contributed by atoms with E-state index in [0.29, 0.717) is 13.2 Å². The quantitative estimate of drug-likeness (QED) is 0.877. The Morgan fingerprint density at radius 2 is 2.17 bits per heavy atom. The van der Waals surface area contributed by atoms with Gasteiger partial charge in [0.1, 0.15) is 11.7 Å². The van der Waals surface area contributed by atoms with E-state index in [1.54, 1.807) is 6.07 Å². The van der Waals surface area contributed by atoms with Crippen molar-refractivity contribution in [3.63, 3.8) is 0 Å². The Morgan fingerprint density at radius 1 is 1.39 bits per heavy atom. The predicted octanol–water partition coefficient (Wildman–Crippen LogP) is 1.44. The molecule has 1 N–H and O–H groups in total. The Morgan fingerprint density at radius 3 is 2.83 bits per heavy atom. The minimum atomic E-state index is -0.980. The van der Waals surface area contributed by atoms with Crippen molar-refractivity contribution < 1.29 is 19.4 Å². The van der Waals surface area contributed by atoms with Crippen LogP contribution in [-0.4, -0.2) is 35.4 Å². The van der Waals surface area contributed by atoms with Gasteiger partial charge in [-0.2, -0.15) is 0 Å². The molecule has 0 aromatic carbocycles. The van der Waals surface area contributed by atoms with E-state index in [4.69, 9.17) is 9.47 Å². The molecule has 3 rings (SSSR count). The Kier molecular flexibility index (Phi) is 2.91. The van der Waals surface area contributed by atoms with Crippen molar-refractivity contribution in [2.45, 2.75) is 31.8 Å². The minimum Gasteiger partial charge on any atom is -0.477 e. The average Bonchev–Trinajstić information content (AvgIpc) is 2.32. The van der Waals surface area contributed by atoms with Crippen molar-refractivity contribution in [1.29, 1.82) is 0 Å². The van der Waals surface area contributed by atoms with E-state index in [9.17, 15) is 9.90 Å². The van der Waals surface area contributed by atoms with Gasteiger partial charge in [-0.05, 0) is 37.3 Å². The lowest BCUT2D eigenvalue weighted by Gasteiger charge is -2.27. The van der Waals surface area contributed by atoms with Crippen LogP contribution < -0.4 is 4.74 Å². The van der Waals surface area contributed by atoms with Gasteiger partial charge in [0.25, 0.3) is 0 Å². The SMILES string of the molecule is O=C(O)c1cc2c(nc1OC1COC1)CCCC2. The number of carbonyl (C=O) groups is 1. The van der Waals surface area contributed by atoms with Gasteiger partial charge in [0.05, 0.1) is 13.2 Å². The van der Waals surface area contributed by atoms with Crippen LogP contribution in [0.5, 0.6) is 5.88 Å². The van der Waals surface area contributed by atoms with Gasteiger partial charge in [-0.1, -0.05) is 0 Å². The molecule has 1 fully saturated rings. The Bertz CT molecular complexity index is 482. The van der Waals surface area contributed by atoms with Gasteiger partial charge in [0, 0.05) is 5.69 Å². The van der Waals surface area contributed by atoms with Gasteiger partial charge in [-0.25, -0.2) is 9.78 Å². The first-order valence-electron chi connectivity index (χ1n) is 6.24. The number of aryl methyl sites for hydroxylation is 2. The molecule has 5 nitrogen and oxygen atoms in total. The fourth-order valence-electron chi connectivity index (χ4n) is 2.30. The van der Waals surface area contributed by atoms with E-state index < -0.39 is 5.97 Å². The summed E-state index contributed by atoms with van der Waals surface area (Å²) in [6, 6.07) is 1.72. The summed E-state index contributed by atoms with van der Waals surface area (Å²) in [4.78, 5) is 15.6. The van der Waals surface area contributed by atoms with Gasteiger partial charge >= 0.3 is 5.97 Å². The van der Waals surface area contributed by atoms with Crippen LogP contribution in [0.15, 0.2) is 6.07 Å². The van der Waals surface area contributed by atoms with Gasteiger partial charge in [0.15, 0.2) is 0 Å². The van der Waals surface area contributed by atoms with Crippen molar-refractivity contribution in [3.8, 4) is 5.88 Å². The van der Waals surface area contributed by atoms with Crippen molar-refractivity contribution in [1.82, 2.24) is 4.98 Å². The zero-order valence-corrected chi connectivity index (χ0v) is 10.0. The van der Waals surface area contributed by atoms with Crippen LogP contribution in [0.2, 0.25) is 0 Å². The summed E-state index contributed by atoms with van der Waals surface area (Å²) in [5, 5.41) is 9.22. The fraction of sp³-hybridized carbons (Fsp3) is 0.538. The Balaban J connectivity index is 1.95. The molecule has 2 aliphatic rings. The third-order valence-corrected chi connectivity index (χ3v) is 3.38. The summed E-state index contributed by atoms with van der Waals surface area (Å²) in [5.41, 5.74) is 2.21. The number of rotatable bonds is 3. The maximum atomic E-state index is 11.2. The van der Waals surface area contributed by atoms with Crippen LogP contribution in [-0.2, 0) is 17.6 Å². The average molecular weight is 249 g/mol. The lowest BCUT2D eigenvalue weighted by molar-refractivity contribution is -0.0816. The summed E-state index contributed by atoms with van der Waals surface area (Å²) in [6.07, 6.45) is 3.97. The number of nitrogens with zero attached hydrogens (tertiary/aromatic N) is 1. The zero-order chi connectivity index (χ0) is 12.5. The van der Waals surface area contributed by atoms with Gasteiger partial charge in [0.2, 0.25) is 5.88 Å². The first-order chi connectivity index (χ1) is 8.74. The smallest absolute Gasteiger partial charge is 0.341 e. The van der Waals surface area contributed by atoms with Crippen molar-refractivity contribution in [2.75, 3.05) is 13.2 Å². The first-order valence-corrected chi connectivity index (χ1v) is 6.24. The highest BCUT2D eigenvalue weighted by atomic mass is 16.6. The molecular weight excluding hydrogens is 234 g/mol. The van der Waals surface area contributed by atoms with E-state index in [1.165, 1.54) is 0 Å². The second-order valence-corrected chi connectivity index (χ2v) is 4.74. The summed E-state index contributed by atoms with van der Waals surface area (Å²) in [7, 11) is 0. The number of ether oxygens (including phenoxy) is 2. The zero-order valence-electron chi connectivity index (χ0n) is 10.0. The van der Waals surface area contributed by atoms with Gasteiger partial charge < -0.3 is 14.6 Å². The molecule has 0 saturated carbocycles. The molecule has 0 bridgehead atoms. The lowest BCUT2D eigenvalue weighted by atomic mass is 9.95. The standard InChI is InChI=1S/C13H15NO4/c15-13(16)10-5-8-3-1-2-4-11(8)14-12(10)18-9-6-17-7-9/h5,9H,1-4,6-7H2,(H,15,16). The molecule has 5 heteroatoms. The van der Waals surface area contributed by atoms with Crippen LogP contribution in [0, 0.1) is 0 Å². The molecule has 1 aliphatic carbocycles. The molecule has 0 atom stereocenters. The van der Waals surface area contributed by atoms with Gasteiger partial charge in [-0.15, -0.1) is 0 Å². The molecule has 0 spiro atoms. The molecule has 0 radical (unpaired) electrons. The molecule has 2 heterocycles. The van der Waals surface area contributed by atoms with Gasteiger partial charge in [-0.3, -0.25) is 0 Å². The summed E-state index contributed by atoms with van der Waals surface area (Å²) in [6.45, 7) is 1.02. The number of aromatic nitrogens is 1. The fourth-order valence-corrected chi connectivity index (χ4v) is 2.30. The van der Waals surface area contributed by atoms with Crippen LogP contribution in [0.4, 0.5) is 0 Å². The first kappa shape index (κ1) is 11.5. The molecule has 1 aromatic rings. The van der Waals surface area contributed by atoms with Crippen LogP contribution >= 0.6 is 0 Å². The monoisotopic (exact) mass is 249 g/mol. The number of hydrogen-bond acceptors (Lipinski definition) is 4. The highest BCUT2D eigenvalue weighted by Crippen LogP contribution is 2.27. The minimum absolute atomic E-state index is 0.0581. The number of carboxylic acids is 1. The molecule has 18 heavy (non-hydrogen) atoms. The molecular formula is C13H15NO4. The number of pyridine rings is 1. The Labute approximate surface area is 105 Å². The maximum Gasteiger partial charge on any atom is 0.341 e. The number of fused-ring (bicyclic) bond motifs is 1. The second kappa shape index (κ2) is 4.57. The normalized spacial score (nSPS) is 18.9. The van der Waals surface area contributed by atoms with E-state index in [1.807, 2.05) is 0 Å². The van der Waals surface area contributed by atoms with E-state index >= 15 is 0 Å². The Hall–Kier alpha value is -1.62. The number of hydrogen-bond donors (Lipinski definition) is 1. The summed E-state index contributed by atoms with van der Waals surface area (Å²) < 4.78 is 10.6. The predicted molar refractivity (Wildman–Crippen MR) is 63.1 cm³/mol. The van der Waals surface area contributed by atoms with Crippen LogP contribution in [0.25, 0.3) is 0 Å². The van der Waals surface area contributed by atoms with Crippen molar-refractivity contribution >= 4 is 5.97 Å². The van der Waals surface area contributed by atoms with Crippen LogP contribution in [0.1, 0.15) is 34.5 Å². The van der Waals surface area contributed by atoms with E-state index in [-0.39, 0.29) is 17.5 Å².